The lowest BCUT2D eigenvalue weighted by atomic mass is 10.0. The first kappa shape index (κ1) is 21.3. The van der Waals surface area contributed by atoms with Crippen LogP contribution >= 0.6 is 0 Å². The smallest absolute Gasteiger partial charge is 0.287 e. The number of sulfonamides is 1. The normalized spacial score (nSPS) is 22.2. The Hall–Kier alpha value is -1.38. The van der Waals surface area contributed by atoms with E-state index in [9.17, 15) is 13.2 Å². The van der Waals surface area contributed by atoms with E-state index in [1.807, 2.05) is 0 Å². The van der Waals surface area contributed by atoms with Gasteiger partial charge in [0.2, 0.25) is 5.09 Å². The highest BCUT2D eigenvalue weighted by molar-refractivity contribution is 7.89. The summed E-state index contributed by atoms with van der Waals surface area (Å²) in [6, 6.07) is 3.49. The zero-order valence-corrected chi connectivity index (χ0v) is 17.7. The van der Waals surface area contributed by atoms with Gasteiger partial charge in [0, 0.05) is 25.7 Å². The molecule has 158 valence electrons. The van der Waals surface area contributed by atoms with E-state index in [0.29, 0.717) is 25.7 Å². The van der Waals surface area contributed by atoms with Gasteiger partial charge in [0.15, 0.2) is 5.76 Å². The highest BCUT2D eigenvalue weighted by atomic mass is 32.2. The maximum atomic E-state index is 12.6. The van der Waals surface area contributed by atoms with Crippen LogP contribution in [0.25, 0.3) is 0 Å². The number of nitrogens with one attached hydrogen (secondary N) is 1. The maximum Gasteiger partial charge on any atom is 0.287 e. The Labute approximate surface area is 168 Å². The predicted octanol–water partition coefficient (Wildman–Crippen LogP) is 2.84. The van der Waals surface area contributed by atoms with E-state index in [1.165, 1.54) is 42.2 Å². The Morgan fingerprint density at radius 1 is 1.11 bits per heavy atom. The second-order valence-electron chi connectivity index (χ2n) is 7.93. The Kier molecular flexibility index (Phi) is 7.54. The molecule has 1 aromatic rings. The highest BCUT2D eigenvalue weighted by Gasteiger charge is 2.29. The molecule has 28 heavy (non-hydrogen) atoms. The van der Waals surface area contributed by atoms with E-state index in [2.05, 4.69) is 17.1 Å². The van der Waals surface area contributed by atoms with Crippen LogP contribution in [-0.4, -0.2) is 62.3 Å². The summed E-state index contributed by atoms with van der Waals surface area (Å²) in [5, 5.41) is 2.69. The van der Waals surface area contributed by atoms with Crippen LogP contribution in [0, 0.1) is 0 Å². The van der Waals surface area contributed by atoms with Crippen LogP contribution in [0.1, 0.15) is 68.8 Å². The van der Waals surface area contributed by atoms with Crippen molar-refractivity contribution in [3.05, 3.63) is 17.9 Å². The number of rotatable bonds is 8. The van der Waals surface area contributed by atoms with E-state index < -0.39 is 10.0 Å². The van der Waals surface area contributed by atoms with E-state index in [0.717, 1.165) is 38.6 Å². The fourth-order valence-electron chi connectivity index (χ4n) is 4.03. The highest BCUT2D eigenvalue weighted by Crippen LogP contribution is 2.22. The van der Waals surface area contributed by atoms with Gasteiger partial charge in [-0.15, -0.1) is 0 Å². The molecular weight excluding hydrogens is 378 g/mol. The largest absolute Gasteiger partial charge is 0.438 e. The van der Waals surface area contributed by atoms with Gasteiger partial charge in [0.05, 0.1) is 0 Å². The summed E-state index contributed by atoms with van der Waals surface area (Å²) in [4.78, 5) is 14.8. The molecule has 1 aromatic heterocycles. The number of hydrogen-bond donors (Lipinski definition) is 1. The van der Waals surface area contributed by atoms with Crippen molar-refractivity contribution >= 4 is 15.9 Å². The van der Waals surface area contributed by atoms with Crippen LogP contribution in [-0.2, 0) is 10.0 Å². The summed E-state index contributed by atoms with van der Waals surface area (Å²) >= 11 is 0. The molecule has 2 aliphatic heterocycles. The molecule has 2 aliphatic rings. The lowest BCUT2D eigenvalue weighted by Crippen LogP contribution is -2.38. The second-order valence-corrected chi connectivity index (χ2v) is 9.80. The summed E-state index contributed by atoms with van der Waals surface area (Å²) in [7, 11) is -3.64. The third-order valence-corrected chi connectivity index (χ3v) is 7.59. The zero-order valence-electron chi connectivity index (χ0n) is 16.9. The average Bonchev–Trinajstić information content (AvgIpc) is 3.21. The molecule has 0 aliphatic carbocycles. The molecule has 0 spiro atoms. The quantitative estimate of drug-likeness (QED) is 0.665. The van der Waals surface area contributed by atoms with Gasteiger partial charge in [-0.3, -0.25) is 4.79 Å². The third kappa shape index (κ3) is 5.36. The topological polar surface area (TPSA) is 82.9 Å². The second kappa shape index (κ2) is 9.89. The number of hydrogen-bond acceptors (Lipinski definition) is 5. The molecular formula is C20H33N3O4S. The number of furan rings is 1. The van der Waals surface area contributed by atoms with E-state index in [4.69, 9.17) is 4.42 Å². The van der Waals surface area contributed by atoms with Gasteiger partial charge in [0.1, 0.15) is 0 Å². The first-order valence-corrected chi connectivity index (χ1v) is 12.0. The van der Waals surface area contributed by atoms with Gasteiger partial charge in [-0.25, -0.2) is 8.42 Å². The third-order valence-electron chi connectivity index (χ3n) is 5.81. The summed E-state index contributed by atoms with van der Waals surface area (Å²) in [5.41, 5.74) is 0. The molecule has 2 fully saturated rings. The number of amides is 1. The number of nitrogens with zero attached hydrogens (tertiary/aromatic N) is 2. The molecule has 0 saturated carbocycles. The van der Waals surface area contributed by atoms with Crippen molar-refractivity contribution in [2.75, 3.05) is 32.7 Å². The van der Waals surface area contributed by atoms with E-state index >= 15 is 0 Å². The van der Waals surface area contributed by atoms with Crippen molar-refractivity contribution in [2.24, 2.45) is 0 Å². The molecule has 1 amide bonds. The number of carbonyl (C=O) groups is 1. The van der Waals surface area contributed by atoms with E-state index in [-0.39, 0.29) is 16.8 Å². The molecule has 8 heteroatoms. The van der Waals surface area contributed by atoms with Gasteiger partial charge in [-0.05, 0) is 70.7 Å². The van der Waals surface area contributed by atoms with Gasteiger partial charge in [0.25, 0.3) is 15.9 Å². The molecule has 2 saturated heterocycles. The Balaban J connectivity index is 1.42. The molecule has 1 N–H and O–H groups in total. The standard InChI is InChI=1S/C20H33N3O4S/c1-17-9-3-7-13-22(17)14-8-4-12-21-20(24)18-10-11-19(27-18)28(25,26)23-15-5-2-6-16-23/h10-11,17H,2-9,12-16H2,1H3,(H,21,24). The number of unbranched alkanes of at least 4 members (excludes halogenated alkanes) is 1. The molecule has 7 nitrogen and oxygen atoms in total. The van der Waals surface area contributed by atoms with Crippen molar-refractivity contribution < 1.29 is 17.6 Å². The lowest BCUT2D eigenvalue weighted by molar-refractivity contribution is 0.0918. The monoisotopic (exact) mass is 411 g/mol. The molecule has 3 rings (SSSR count). The van der Waals surface area contributed by atoms with Crippen LogP contribution in [0.15, 0.2) is 21.6 Å². The molecule has 3 heterocycles. The van der Waals surface area contributed by atoms with Crippen molar-refractivity contribution in [2.45, 2.75) is 69.4 Å². The fourth-order valence-corrected chi connectivity index (χ4v) is 5.46. The fraction of sp³-hybridized carbons (Fsp3) is 0.750. The van der Waals surface area contributed by atoms with Crippen LogP contribution in [0.4, 0.5) is 0 Å². The van der Waals surface area contributed by atoms with Crippen LogP contribution in [0.2, 0.25) is 0 Å². The van der Waals surface area contributed by atoms with Crippen LogP contribution in [0.3, 0.4) is 0 Å². The maximum absolute atomic E-state index is 12.6. The van der Waals surface area contributed by atoms with Gasteiger partial charge in [-0.1, -0.05) is 12.8 Å². The minimum atomic E-state index is -3.64. The van der Waals surface area contributed by atoms with Crippen molar-refractivity contribution in [3.63, 3.8) is 0 Å². The predicted molar refractivity (Wildman–Crippen MR) is 108 cm³/mol. The average molecular weight is 412 g/mol. The lowest BCUT2D eigenvalue weighted by Gasteiger charge is -2.33. The SMILES string of the molecule is CC1CCCCN1CCCCNC(=O)c1ccc(S(=O)(=O)N2CCCCC2)o1. The van der Waals surface area contributed by atoms with Crippen molar-refractivity contribution in [1.82, 2.24) is 14.5 Å². The van der Waals surface area contributed by atoms with Crippen molar-refractivity contribution in [1.29, 1.82) is 0 Å². The molecule has 0 aromatic carbocycles. The number of likely N-dealkylation sites (tertiary alicyclic amines) is 1. The van der Waals surface area contributed by atoms with Gasteiger partial charge >= 0.3 is 0 Å². The summed E-state index contributed by atoms with van der Waals surface area (Å²) in [6.07, 6.45) is 8.60. The van der Waals surface area contributed by atoms with Gasteiger partial charge < -0.3 is 14.6 Å². The summed E-state index contributed by atoms with van der Waals surface area (Å²) in [6.45, 7) is 6.12. The number of carbonyl (C=O) groups excluding carboxylic acids is 1. The molecule has 0 bridgehead atoms. The zero-order chi connectivity index (χ0) is 20.0. The number of piperidine rings is 2. The molecule has 1 atom stereocenters. The summed E-state index contributed by atoms with van der Waals surface area (Å²) in [5.74, 6) is -0.299. The Morgan fingerprint density at radius 2 is 1.86 bits per heavy atom. The Bertz CT molecular complexity index is 740. The summed E-state index contributed by atoms with van der Waals surface area (Å²) < 4.78 is 32.0. The molecule has 0 radical (unpaired) electrons. The van der Waals surface area contributed by atoms with E-state index in [1.54, 1.807) is 0 Å². The first-order valence-electron chi connectivity index (χ1n) is 10.6. The molecule has 1 unspecified atom stereocenters. The minimum absolute atomic E-state index is 0.0558. The Morgan fingerprint density at radius 3 is 2.61 bits per heavy atom. The first-order chi connectivity index (χ1) is 13.5. The van der Waals surface area contributed by atoms with Gasteiger partial charge in [-0.2, -0.15) is 4.31 Å². The van der Waals surface area contributed by atoms with Crippen molar-refractivity contribution in [3.8, 4) is 0 Å². The van der Waals surface area contributed by atoms with Crippen LogP contribution < -0.4 is 5.32 Å². The minimum Gasteiger partial charge on any atom is -0.438 e. The van der Waals surface area contributed by atoms with Crippen LogP contribution in [0.5, 0.6) is 0 Å².